The molecule has 0 saturated heterocycles. The molecule has 0 bridgehead atoms. The summed E-state index contributed by atoms with van der Waals surface area (Å²) < 4.78 is 5.66. The van der Waals surface area contributed by atoms with Gasteiger partial charge in [-0.25, -0.2) is 0 Å². The zero-order chi connectivity index (χ0) is 19.4. The molecule has 1 heterocycles. The Labute approximate surface area is 159 Å². The molecule has 4 aliphatic carbocycles. The first-order valence-corrected chi connectivity index (χ1v) is 10.2. The highest BCUT2D eigenvalue weighted by atomic mass is 16.6. The predicted molar refractivity (Wildman–Crippen MR) is 97.2 cm³/mol. The van der Waals surface area contributed by atoms with E-state index in [1.54, 1.807) is 6.08 Å². The maximum Gasteiger partial charge on any atom is 0.224 e. The van der Waals surface area contributed by atoms with Crippen molar-refractivity contribution < 1.29 is 24.5 Å². The number of rotatable bonds is 2. The number of fused-ring (bicyclic) bond motifs is 6. The molecule has 3 fully saturated rings. The maximum absolute atomic E-state index is 12.6. The molecule has 27 heavy (non-hydrogen) atoms. The van der Waals surface area contributed by atoms with Crippen LogP contribution in [0.3, 0.4) is 0 Å². The number of ketones is 2. The Morgan fingerprint density at radius 1 is 1.30 bits per heavy atom. The van der Waals surface area contributed by atoms with E-state index in [9.17, 15) is 19.8 Å². The summed E-state index contributed by atoms with van der Waals surface area (Å²) in [4.78, 5) is 24.7. The number of carbonyl (C=O) groups is 2. The van der Waals surface area contributed by atoms with Crippen molar-refractivity contribution in [3.05, 3.63) is 23.2 Å². The van der Waals surface area contributed by atoms with Gasteiger partial charge in [0.25, 0.3) is 0 Å². The summed E-state index contributed by atoms with van der Waals surface area (Å²) in [7, 11) is 0. The number of aliphatic hydroxyl groups excluding tert-OH is 1. The van der Waals surface area contributed by atoms with Crippen molar-refractivity contribution in [2.24, 2.45) is 34.5 Å². The van der Waals surface area contributed by atoms with E-state index >= 15 is 0 Å². The summed E-state index contributed by atoms with van der Waals surface area (Å²) in [6.45, 7) is 5.62. The Morgan fingerprint density at radius 3 is 2.74 bits per heavy atom. The minimum Gasteiger partial charge on any atom is -0.449 e. The first kappa shape index (κ1) is 17.6. The van der Waals surface area contributed by atoms with Crippen molar-refractivity contribution in [3.63, 3.8) is 0 Å². The molecule has 0 amide bonds. The van der Waals surface area contributed by atoms with Crippen LogP contribution < -0.4 is 0 Å². The standard InChI is InChI=1S/C22H28O5/c1-11-8-15-13-5-4-12-9-16(24)18-19(27-18)21(12,3)14(13)6-7-20(15,2)22(11,26)17(25)10-23/h9,11,13-15,23,26H,4-8,10H2,1-3H3/t11-,13+,14-,15-,20-,21-,22-/m0/s1. The second-order valence-corrected chi connectivity index (χ2v) is 9.85. The molecule has 0 spiro atoms. The van der Waals surface area contributed by atoms with Gasteiger partial charge in [0.15, 0.2) is 11.5 Å². The number of ether oxygens (including phenoxy) is 1. The van der Waals surface area contributed by atoms with Crippen LogP contribution in [0.4, 0.5) is 0 Å². The van der Waals surface area contributed by atoms with Gasteiger partial charge in [-0.05, 0) is 68.8 Å². The fourth-order valence-electron chi connectivity index (χ4n) is 7.62. The minimum absolute atomic E-state index is 0.00831. The van der Waals surface area contributed by atoms with Crippen LogP contribution in [0.5, 0.6) is 0 Å². The van der Waals surface area contributed by atoms with Gasteiger partial charge in [-0.3, -0.25) is 9.59 Å². The van der Waals surface area contributed by atoms with Gasteiger partial charge >= 0.3 is 0 Å². The van der Waals surface area contributed by atoms with Crippen LogP contribution in [0.15, 0.2) is 23.2 Å². The van der Waals surface area contributed by atoms with Gasteiger partial charge in [0.2, 0.25) is 11.5 Å². The average molecular weight is 372 g/mol. The van der Waals surface area contributed by atoms with Gasteiger partial charge in [0.1, 0.15) is 12.2 Å². The summed E-state index contributed by atoms with van der Waals surface area (Å²) in [5.74, 6) is 1.84. The second kappa shape index (κ2) is 5.12. The van der Waals surface area contributed by atoms with Crippen LogP contribution in [0, 0.1) is 34.5 Å². The van der Waals surface area contributed by atoms with E-state index in [0.717, 1.165) is 37.9 Å². The Balaban J connectivity index is 1.55. The third kappa shape index (κ3) is 1.83. The summed E-state index contributed by atoms with van der Waals surface area (Å²) in [5.41, 5.74) is -0.964. The van der Waals surface area contributed by atoms with E-state index < -0.39 is 23.4 Å². The maximum atomic E-state index is 12.6. The molecular formula is C22H28O5. The normalized spacial score (nSPS) is 50.1. The van der Waals surface area contributed by atoms with E-state index in [1.807, 2.05) is 6.92 Å². The molecule has 146 valence electrons. The van der Waals surface area contributed by atoms with E-state index in [-0.39, 0.29) is 23.0 Å². The molecule has 1 aliphatic heterocycles. The highest BCUT2D eigenvalue weighted by molar-refractivity contribution is 6.07. The van der Waals surface area contributed by atoms with Gasteiger partial charge in [0.05, 0.1) is 5.41 Å². The lowest BCUT2D eigenvalue weighted by Crippen LogP contribution is -2.59. The summed E-state index contributed by atoms with van der Waals surface area (Å²) in [6, 6.07) is 0. The number of hydrogen-bond donors (Lipinski definition) is 2. The molecular weight excluding hydrogens is 344 g/mol. The topological polar surface area (TPSA) is 87.1 Å². The van der Waals surface area contributed by atoms with E-state index in [1.165, 1.54) is 5.57 Å². The van der Waals surface area contributed by atoms with Crippen molar-refractivity contribution >= 4 is 11.6 Å². The highest BCUT2D eigenvalue weighted by Crippen LogP contribution is 2.70. The van der Waals surface area contributed by atoms with Crippen LogP contribution in [0.25, 0.3) is 0 Å². The van der Waals surface area contributed by atoms with Gasteiger partial charge in [-0.2, -0.15) is 0 Å². The smallest absolute Gasteiger partial charge is 0.224 e. The molecule has 0 unspecified atom stereocenters. The highest BCUT2D eigenvalue weighted by Gasteiger charge is 2.70. The molecule has 5 aliphatic rings. The fourth-order valence-corrected chi connectivity index (χ4v) is 7.62. The zero-order valence-corrected chi connectivity index (χ0v) is 16.2. The number of aliphatic hydroxyl groups is 2. The summed E-state index contributed by atoms with van der Waals surface area (Å²) in [5, 5.41) is 21.0. The Bertz CT molecular complexity index is 825. The lowest BCUT2D eigenvalue weighted by atomic mass is 9.47. The number of Topliss-reactive ketones (excluding diaryl/α,β-unsaturated/α-hetero) is 1. The molecule has 0 aromatic rings. The van der Waals surface area contributed by atoms with Crippen molar-refractivity contribution in [2.75, 3.05) is 6.61 Å². The Hall–Kier alpha value is -1.46. The second-order valence-electron chi connectivity index (χ2n) is 9.85. The van der Waals surface area contributed by atoms with Crippen LogP contribution in [0.1, 0.15) is 52.9 Å². The Kier molecular flexibility index (Phi) is 3.34. The van der Waals surface area contributed by atoms with Gasteiger partial charge < -0.3 is 14.9 Å². The number of hydrogen-bond acceptors (Lipinski definition) is 5. The quantitative estimate of drug-likeness (QED) is 0.778. The first-order valence-electron chi connectivity index (χ1n) is 10.2. The molecule has 5 rings (SSSR count). The molecule has 3 saturated carbocycles. The van der Waals surface area contributed by atoms with Crippen LogP contribution in [-0.2, 0) is 14.3 Å². The number of allylic oxidation sites excluding steroid dienone is 2. The third-order valence-electron chi connectivity index (χ3n) is 9.11. The van der Waals surface area contributed by atoms with Crippen LogP contribution in [-0.4, -0.2) is 34.0 Å². The fraction of sp³-hybridized carbons (Fsp3) is 0.727. The molecule has 5 nitrogen and oxygen atoms in total. The molecule has 0 radical (unpaired) electrons. The molecule has 0 aromatic carbocycles. The van der Waals surface area contributed by atoms with Crippen molar-refractivity contribution in [3.8, 4) is 0 Å². The van der Waals surface area contributed by atoms with Crippen LogP contribution in [0.2, 0.25) is 0 Å². The largest absolute Gasteiger partial charge is 0.449 e. The van der Waals surface area contributed by atoms with E-state index in [0.29, 0.717) is 17.6 Å². The SMILES string of the molecule is C[C@H]1C[C@H]2[C@@H]3CCC4=CC(=O)C5=C(O5)[C@]4(C)[C@H]3CC[C@]2(C)[C@@]1(O)C(=O)CO. The molecule has 0 aromatic heterocycles. The minimum atomic E-state index is -1.45. The van der Waals surface area contributed by atoms with E-state index in [2.05, 4.69) is 13.8 Å². The van der Waals surface area contributed by atoms with E-state index in [4.69, 9.17) is 4.74 Å². The zero-order valence-electron chi connectivity index (χ0n) is 16.2. The lowest BCUT2D eigenvalue weighted by Gasteiger charge is -2.57. The summed E-state index contributed by atoms with van der Waals surface area (Å²) >= 11 is 0. The van der Waals surface area contributed by atoms with Crippen molar-refractivity contribution in [1.82, 2.24) is 0 Å². The van der Waals surface area contributed by atoms with Gasteiger partial charge in [-0.1, -0.05) is 19.4 Å². The molecule has 7 atom stereocenters. The Morgan fingerprint density at radius 2 is 2.04 bits per heavy atom. The van der Waals surface area contributed by atoms with Gasteiger partial charge in [0, 0.05) is 5.41 Å². The molecule has 2 N–H and O–H groups in total. The summed E-state index contributed by atoms with van der Waals surface area (Å²) in [6.07, 6.45) is 6.10. The lowest BCUT2D eigenvalue weighted by molar-refractivity contribution is -0.169. The predicted octanol–water partition coefficient (Wildman–Crippen LogP) is 2.52. The molecule has 5 heteroatoms. The van der Waals surface area contributed by atoms with Crippen molar-refractivity contribution in [1.29, 1.82) is 0 Å². The average Bonchev–Trinajstić information content (AvgIpc) is 3.42. The van der Waals surface area contributed by atoms with Crippen LogP contribution >= 0.6 is 0 Å². The third-order valence-corrected chi connectivity index (χ3v) is 9.11. The number of carbonyl (C=O) groups excluding carboxylic acids is 2. The van der Waals surface area contributed by atoms with Crippen molar-refractivity contribution in [2.45, 2.75) is 58.5 Å². The first-order chi connectivity index (χ1) is 12.7. The monoisotopic (exact) mass is 372 g/mol. The van der Waals surface area contributed by atoms with Gasteiger partial charge in [-0.15, -0.1) is 0 Å².